The third-order valence-electron chi connectivity index (χ3n) is 4.50. The number of methoxy groups -OCH3 is 2. The Kier molecular flexibility index (Phi) is 9.08. The van der Waals surface area contributed by atoms with Gasteiger partial charge < -0.3 is 24.5 Å². The molecule has 0 bridgehead atoms. The first-order valence-electron chi connectivity index (χ1n) is 9.72. The van der Waals surface area contributed by atoms with Crippen molar-refractivity contribution in [3.8, 4) is 11.5 Å². The Morgan fingerprint density at radius 2 is 1.82 bits per heavy atom. The SMILES string of the molecule is COc1ccc(CCN(C)C(=O)CON=CC(=O)Nc2cccc(C(F)(F)F)c2)cc1OC. The zero-order valence-electron chi connectivity index (χ0n) is 18.3. The summed E-state index contributed by atoms with van der Waals surface area (Å²) in [5.74, 6) is 0.0218. The second-order valence-electron chi connectivity index (χ2n) is 6.83. The number of benzene rings is 2. The Morgan fingerprint density at radius 3 is 2.48 bits per heavy atom. The topological polar surface area (TPSA) is 89.5 Å². The minimum Gasteiger partial charge on any atom is -0.493 e. The third kappa shape index (κ3) is 8.02. The third-order valence-corrected chi connectivity index (χ3v) is 4.50. The van der Waals surface area contributed by atoms with Gasteiger partial charge in [-0.15, -0.1) is 0 Å². The van der Waals surface area contributed by atoms with E-state index < -0.39 is 24.3 Å². The maximum atomic E-state index is 12.7. The van der Waals surface area contributed by atoms with Crippen LogP contribution in [0.25, 0.3) is 0 Å². The fourth-order valence-corrected chi connectivity index (χ4v) is 2.69. The minimum absolute atomic E-state index is 0.0488. The Hall–Kier alpha value is -3.76. The molecule has 0 fully saturated rings. The summed E-state index contributed by atoms with van der Waals surface area (Å²) >= 11 is 0. The molecule has 11 heteroatoms. The fraction of sp³-hybridized carbons (Fsp3) is 0.318. The van der Waals surface area contributed by atoms with Gasteiger partial charge in [0.1, 0.15) is 6.21 Å². The van der Waals surface area contributed by atoms with E-state index in [2.05, 4.69) is 10.5 Å². The molecule has 0 atom stereocenters. The molecule has 2 aromatic carbocycles. The van der Waals surface area contributed by atoms with Gasteiger partial charge in [0.25, 0.3) is 11.8 Å². The summed E-state index contributed by atoms with van der Waals surface area (Å²) in [4.78, 5) is 30.2. The van der Waals surface area contributed by atoms with Gasteiger partial charge in [0, 0.05) is 19.3 Å². The van der Waals surface area contributed by atoms with Crippen molar-refractivity contribution in [3.05, 3.63) is 53.6 Å². The monoisotopic (exact) mass is 467 g/mol. The number of hydrogen-bond donors (Lipinski definition) is 1. The molecule has 0 saturated heterocycles. The molecule has 0 aliphatic heterocycles. The largest absolute Gasteiger partial charge is 0.493 e. The van der Waals surface area contributed by atoms with E-state index >= 15 is 0 Å². The number of halogens is 3. The molecule has 0 unspecified atom stereocenters. The van der Waals surface area contributed by atoms with Gasteiger partial charge in [-0.2, -0.15) is 13.2 Å². The number of hydrogen-bond acceptors (Lipinski definition) is 6. The van der Waals surface area contributed by atoms with Crippen LogP contribution in [-0.4, -0.2) is 57.3 Å². The second kappa shape index (κ2) is 11.7. The molecule has 0 aliphatic carbocycles. The summed E-state index contributed by atoms with van der Waals surface area (Å²) in [6.07, 6.45) is -3.23. The van der Waals surface area contributed by atoms with E-state index in [1.165, 1.54) is 24.1 Å². The van der Waals surface area contributed by atoms with Crippen LogP contribution in [0, 0.1) is 0 Å². The maximum Gasteiger partial charge on any atom is 0.416 e. The molecule has 178 valence electrons. The highest BCUT2D eigenvalue weighted by atomic mass is 19.4. The highest BCUT2D eigenvalue weighted by molar-refractivity contribution is 6.31. The highest BCUT2D eigenvalue weighted by Crippen LogP contribution is 2.30. The Bertz CT molecular complexity index is 995. The summed E-state index contributed by atoms with van der Waals surface area (Å²) < 4.78 is 48.6. The lowest BCUT2D eigenvalue weighted by molar-refractivity contribution is -0.137. The van der Waals surface area contributed by atoms with Crippen LogP contribution in [0.4, 0.5) is 18.9 Å². The molecule has 8 nitrogen and oxygen atoms in total. The van der Waals surface area contributed by atoms with E-state index in [0.717, 1.165) is 23.9 Å². The zero-order chi connectivity index (χ0) is 24.4. The van der Waals surface area contributed by atoms with E-state index in [9.17, 15) is 22.8 Å². The molecule has 0 heterocycles. The van der Waals surface area contributed by atoms with E-state index in [-0.39, 0.29) is 11.6 Å². The van der Waals surface area contributed by atoms with Gasteiger partial charge in [-0.1, -0.05) is 17.3 Å². The number of carbonyl (C=O) groups excluding carboxylic acids is 2. The molecule has 2 amide bonds. The number of likely N-dealkylation sites (N-methyl/N-ethyl adjacent to an activating group) is 1. The second-order valence-corrected chi connectivity index (χ2v) is 6.83. The predicted octanol–water partition coefficient (Wildman–Crippen LogP) is 3.36. The number of ether oxygens (including phenoxy) is 2. The number of rotatable bonds is 10. The van der Waals surface area contributed by atoms with E-state index in [1.54, 1.807) is 20.2 Å². The first kappa shape index (κ1) is 25.5. The van der Waals surface area contributed by atoms with Crippen LogP contribution in [0.3, 0.4) is 0 Å². The molecular formula is C22H24F3N3O5. The van der Waals surface area contributed by atoms with Crippen molar-refractivity contribution >= 4 is 23.7 Å². The Balaban J connectivity index is 1.77. The number of oxime groups is 1. The number of carbonyl (C=O) groups is 2. The standard InChI is InChI=1S/C22H24F3N3O5/c1-28(10-9-15-7-8-18(31-2)19(11-15)32-3)21(30)14-33-26-13-20(29)27-17-6-4-5-16(12-17)22(23,24)25/h4-8,11-13H,9-10,14H2,1-3H3,(H,27,29). The van der Waals surface area contributed by atoms with E-state index in [4.69, 9.17) is 14.3 Å². The quantitative estimate of drug-likeness (QED) is 0.428. The molecule has 0 radical (unpaired) electrons. The normalized spacial score (nSPS) is 11.2. The average Bonchev–Trinajstić information content (AvgIpc) is 2.79. The average molecular weight is 467 g/mol. The summed E-state index contributed by atoms with van der Waals surface area (Å²) in [6.45, 7) is -0.00675. The molecule has 2 aromatic rings. The fourth-order valence-electron chi connectivity index (χ4n) is 2.69. The van der Waals surface area contributed by atoms with Crippen LogP contribution < -0.4 is 14.8 Å². The number of amides is 2. The van der Waals surface area contributed by atoms with Crippen molar-refractivity contribution in [2.75, 3.05) is 39.7 Å². The lowest BCUT2D eigenvalue weighted by atomic mass is 10.1. The highest BCUT2D eigenvalue weighted by Gasteiger charge is 2.30. The molecule has 0 aromatic heterocycles. The summed E-state index contributed by atoms with van der Waals surface area (Å²) in [5, 5.41) is 5.62. The molecule has 0 aliphatic rings. The number of alkyl halides is 3. The van der Waals surface area contributed by atoms with Crippen molar-refractivity contribution in [1.29, 1.82) is 0 Å². The molecule has 2 rings (SSSR count). The van der Waals surface area contributed by atoms with Crippen molar-refractivity contribution in [1.82, 2.24) is 4.90 Å². The molecule has 33 heavy (non-hydrogen) atoms. The van der Waals surface area contributed by atoms with Crippen LogP contribution >= 0.6 is 0 Å². The number of nitrogens with zero attached hydrogens (tertiary/aromatic N) is 2. The smallest absolute Gasteiger partial charge is 0.416 e. The zero-order valence-corrected chi connectivity index (χ0v) is 18.3. The van der Waals surface area contributed by atoms with Gasteiger partial charge in [-0.05, 0) is 42.3 Å². The Labute approximate surface area is 188 Å². The van der Waals surface area contributed by atoms with Crippen molar-refractivity contribution < 1.29 is 37.1 Å². The van der Waals surface area contributed by atoms with E-state index in [1.807, 2.05) is 12.1 Å². The first-order chi connectivity index (χ1) is 15.6. The van der Waals surface area contributed by atoms with Gasteiger partial charge in [-0.25, -0.2) is 0 Å². The summed E-state index contributed by atoms with van der Waals surface area (Å²) in [7, 11) is 4.67. The van der Waals surface area contributed by atoms with Crippen LogP contribution in [0.1, 0.15) is 11.1 Å². The van der Waals surface area contributed by atoms with Crippen LogP contribution in [0.2, 0.25) is 0 Å². The van der Waals surface area contributed by atoms with Crippen LogP contribution in [0.15, 0.2) is 47.6 Å². The van der Waals surface area contributed by atoms with Crippen molar-refractivity contribution in [2.24, 2.45) is 5.16 Å². The van der Waals surface area contributed by atoms with Crippen LogP contribution in [0.5, 0.6) is 11.5 Å². The molecular weight excluding hydrogens is 443 g/mol. The first-order valence-corrected chi connectivity index (χ1v) is 9.72. The predicted molar refractivity (Wildman–Crippen MR) is 115 cm³/mol. The minimum atomic E-state index is -4.52. The summed E-state index contributed by atoms with van der Waals surface area (Å²) in [5.41, 5.74) is -0.0000403. The Morgan fingerprint density at radius 1 is 1.09 bits per heavy atom. The van der Waals surface area contributed by atoms with Gasteiger partial charge in [0.05, 0.1) is 19.8 Å². The van der Waals surface area contributed by atoms with Gasteiger partial charge in [0.15, 0.2) is 18.1 Å². The van der Waals surface area contributed by atoms with Crippen molar-refractivity contribution in [2.45, 2.75) is 12.6 Å². The van der Waals surface area contributed by atoms with Crippen LogP contribution in [-0.2, 0) is 27.0 Å². The van der Waals surface area contributed by atoms with Gasteiger partial charge >= 0.3 is 6.18 Å². The summed E-state index contributed by atoms with van der Waals surface area (Å²) in [6, 6.07) is 9.62. The van der Waals surface area contributed by atoms with Gasteiger partial charge in [0.2, 0.25) is 0 Å². The van der Waals surface area contributed by atoms with Gasteiger partial charge in [-0.3, -0.25) is 9.59 Å². The lowest BCUT2D eigenvalue weighted by Crippen LogP contribution is -2.31. The molecule has 1 N–H and O–H groups in total. The maximum absolute atomic E-state index is 12.7. The number of nitrogens with one attached hydrogen (secondary N) is 1. The van der Waals surface area contributed by atoms with E-state index in [0.29, 0.717) is 24.5 Å². The molecule has 0 spiro atoms. The molecule has 0 saturated carbocycles. The lowest BCUT2D eigenvalue weighted by Gasteiger charge is -2.17. The van der Waals surface area contributed by atoms with Crippen molar-refractivity contribution in [3.63, 3.8) is 0 Å². The number of anilines is 1.